The highest BCUT2D eigenvalue weighted by Gasteiger charge is 2.18. The van der Waals surface area contributed by atoms with Crippen molar-refractivity contribution in [1.82, 2.24) is 19.9 Å². The molecule has 0 amide bonds. The fourth-order valence-corrected chi connectivity index (χ4v) is 3.03. The van der Waals surface area contributed by atoms with Crippen molar-refractivity contribution in [2.45, 2.75) is 20.0 Å². The van der Waals surface area contributed by atoms with E-state index in [0.717, 1.165) is 55.2 Å². The summed E-state index contributed by atoms with van der Waals surface area (Å²) in [5.74, 6) is 0.956. The standard InChI is InChI=1S/C15H19BrN4O/c1-12-6-15(21-18-12)11-20-4-2-19(3-5-20)10-13-7-14(16)9-17-8-13/h6-9H,2-5,10-11H2,1H3. The average Bonchev–Trinajstić information content (AvgIpc) is 2.86. The Hall–Kier alpha value is -1.24. The van der Waals surface area contributed by atoms with E-state index in [2.05, 4.69) is 41.9 Å². The van der Waals surface area contributed by atoms with Crippen molar-refractivity contribution in [3.63, 3.8) is 0 Å². The van der Waals surface area contributed by atoms with Crippen molar-refractivity contribution in [2.75, 3.05) is 26.2 Å². The maximum absolute atomic E-state index is 5.28. The van der Waals surface area contributed by atoms with E-state index in [9.17, 15) is 0 Å². The van der Waals surface area contributed by atoms with Gasteiger partial charge in [-0.05, 0) is 34.5 Å². The van der Waals surface area contributed by atoms with E-state index in [1.807, 2.05) is 25.4 Å². The van der Waals surface area contributed by atoms with Gasteiger partial charge in [0.15, 0.2) is 5.76 Å². The zero-order chi connectivity index (χ0) is 14.7. The van der Waals surface area contributed by atoms with Gasteiger partial charge in [0.25, 0.3) is 0 Å². The summed E-state index contributed by atoms with van der Waals surface area (Å²) in [4.78, 5) is 9.10. The molecule has 1 aliphatic heterocycles. The van der Waals surface area contributed by atoms with Gasteiger partial charge in [-0.2, -0.15) is 0 Å². The molecule has 21 heavy (non-hydrogen) atoms. The smallest absolute Gasteiger partial charge is 0.150 e. The number of nitrogens with zero attached hydrogens (tertiary/aromatic N) is 4. The van der Waals surface area contributed by atoms with Crippen LogP contribution in [0.15, 0.2) is 33.5 Å². The van der Waals surface area contributed by atoms with Crippen molar-refractivity contribution >= 4 is 15.9 Å². The van der Waals surface area contributed by atoms with E-state index in [4.69, 9.17) is 4.52 Å². The lowest BCUT2D eigenvalue weighted by Gasteiger charge is -2.34. The summed E-state index contributed by atoms with van der Waals surface area (Å²) in [6, 6.07) is 4.15. The van der Waals surface area contributed by atoms with Gasteiger partial charge in [0.2, 0.25) is 0 Å². The molecular formula is C15H19BrN4O. The maximum atomic E-state index is 5.28. The second-order valence-corrected chi connectivity index (χ2v) is 6.41. The molecule has 1 aliphatic rings. The largest absolute Gasteiger partial charge is 0.360 e. The molecule has 0 aromatic carbocycles. The van der Waals surface area contributed by atoms with Crippen molar-refractivity contribution in [3.8, 4) is 0 Å². The van der Waals surface area contributed by atoms with E-state index in [1.54, 1.807) is 0 Å². The molecule has 5 nitrogen and oxygen atoms in total. The van der Waals surface area contributed by atoms with Crippen LogP contribution in [0.5, 0.6) is 0 Å². The lowest BCUT2D eigenvalue weighted by molar-refractivity contribution is 0.113. The highest BCUT2D eigenvalue weighted by atomic mass is 79.9. The van der Waals surface area contributed by atoms with Crippen LogP contribution < -0.4 is 0 Å². The molecule has 112 valence electrons. The quantitative estimate of drug-likeness (QED) is 0.847. The van der Waals surface area contributed by atoms with Crippen molar-refractivity contribution < 1.29 is 4.52 Å². The minimum atomic E-state index is 0.854. The average molecular weight is 351 g/mol. The van der Waals surface area contributed by atoms with Crippen molar-refractivity contribution in [2.24, 2.45) is 0 Å². The first-order chi connectivity index (χ1) is 10.2. The maximum Gasteiger partial charge on any atom is 0.150 e. The van der Waals surface area contributed by atoms with Crippen LogP contribution in [0.25, 0.3) is 0 Å². The van der Waals surface area contributed by atoms with Gasteiger partial charge in [-0.15, -0.1) is 0 Å². The molecule has 0 unspecified atom stereocenters. The molecule has 0 saturated carbocycles. The molecule has 2 aromatic heterocycles. The van der Waals surface area contributed by atoms with Crippen molar-refractivity contribution in [3.05, 3.63) is 46.0 Å². The Morgan fingerprint density at radius 3 is 2.43 bits per heavy atom. The van der Waals surface area contributed by atoms with E-state index in [-0.39, 0.29) is 0 Å². The van der Waals surface area contributed by atoms with Crippen LogP contribution in [0.1, 0.15) is 17.0 Å². The van der Waals surface area contributed by atoms with Crippen LogP contribution >= 0.6 is 15.9 Å². The van der Waals surface area contributed by atoms with Gasteiger partial charge in [-0.25, -0.2) is 0 Å². The second-order valence-electron chi connectivity index (χ2n) is 5.50. The molecule has 0 radical (unpaired) electrons. The topological polar surface area (TPSA) is 45.4 Å². The number of rotatable bonds is 4. The minimum absolute atomic E-state index is 0.854. The third-order valence-corrected chi connectivity index (χ3v) is 4.12. The predicted octanol–water partition coefficient (Wildman–Crippen LogP) is 2.46. The van der Waals surface area contributed by atoms with E-state index >= 15 is 0 Å². The summed E-state index contributed by atoms with van der Waals surface area (Å²) in [5.41, 5.74) is 2.20. The van der Waals surface area contributed by atoms with Gasteiger partial charge >= 0.3 is 0 Å². The van der Waals surface area contributed by atoms with Crippen LogP contribution in [0.2, 0.25) is 0 Å². The van der Waals surface area contributed by atoms with Crippen LogP contribution in [0, 0.1) is 6.92 Å². The molecule has 3 heterocycles. The Bertz CT molecular complexity index is 593. The van der Waals surface area contributed by atoms with Gasteiger partial charge in [-0.1, -0.05) is 5.16 Å². The highest BCUT2D eigenvalue weighted by Crippen LogP contribution is 2.14. The number of halogens is 1. The number of hydrogen-bond acceptors (Lipinski definition) is 5. The van der Waals surface area contributed by atoms with Gasteiger partial charge in [0, 0.05) is 55.7 Å². The van der Waals surface area contributed by atoms with Crippen LogP contribution in [0.4, 0.5) is 0 Å². The molecule has 0 spiro atoms. The minimum Gasteiger partial charge on any atom is -0.360 e. The second kappa shape index (κ2) is 6.68. The molecule has 6 heteroatoms. The fraction of sp³-hybridized carbons (Fsp3) is 0.467. The number of hydrogen-bond donors (Lipinski definition) is 0. The van der Waals surface area contributed by atoms with E-state index in [1.165, 1.54) is 5.56 Å². The molecule has 0 N–H and O–H groups in total. The third kappa shape index (κ3) is 4.12. The molecule has 3 rings (SSSR count). The molecule has 2 aromatic rings. The number of pyridine rings is 1. The molecule has 0 atom stereocenters. The SMILES string of the molecule is Cc1cc(CN2CCN(Cc3cncc(Br)c3)CC2)on1. The summed E-state index contributed by atoms with van der Waals surface area (Å²) in [6.45, 7) is 8.02. The summed E-state index contributed by atoms with van der Waals surface area (Å²) in [5, 5.41) is 3.94. The van der Waals surface area contributed by atoms with Gasteiger partial charge in [0.1, 0.15) is 0 Å². The number of aryl methyl sites for hydroxylation is 1. The summed E-state index contributed by atoms with van der Waals surface area (Å²) in [6.07, 6.45) is 3.76. The number of piperazine rings is 1. The first-order valence-corrected chi connectivity index (χ1v) is 7.95. The van der Waals surface area contributed by atoms with Crippen LogP contribution in [-0.4, -0.2) is 46.1 Å². The highest BCUT2D eigenvalue weighted by molar-refractivity contribution is 9.10. The normalized spacial score (nSPS) is 17.2. The monoisotopic (exact) mass is 350 g/mol. The Kier molecular flexibility index (Phi) is 4.67. The first-order valence-electron chi connectivity index (χ1n) is 7.15. The third-order valence-electron chi connectivity index (χ3n) is 3.69. The van der Waals surface area contributed by atoms with E-state index < -0.39 is 0 Å². The Morgan fingerprint density at radius 2 is 1.81 bits per heavy atom. The summed E-state index contributed by atoms with van der Waals surface area (Å²) in [7, 11) is 0. The molecule has 0 bridgehead atoms. The van der Waals surface area contributed by atoms with E-state index in [0.29, 0.717) is 0 Å². The molecule has 0 aliphatic carbocycles. The van der Waals surface area contributed by atoms with Crippen molar-refractivity contribution in [1.29, 1.82) is 0 Å². The number of aromatic nitrogens is 2. The Balaban J connectivity index is 1.48. The zero-order valence-corrected chi connectivity index (χ0v) is 13.7. The molecule has 1 saturated heterocycles. The fourth-order valence-electron chi connectivity index (χ4n) is 2.62. The Labute approximate surface area is 133 Å². The van der Waals surface area contributed by atoms with Gasteiger partial charge < -0.3 is 4.52 Å². The summed E-state index contributed by atoms with van der Waals surface area (Å²) >= 11 is 3.47. The predicted molar refractivity (Wildman–Crippen MR) is 83.7 cm³/mol. The van der Waals surface area contributed by atoms with Gasteiger partial charge in [0.05, 0.1) is 12.2 Å². The first kappa shape index (κ1) is 14.7. The molecule has 1 fully saturated rings. The lowest BCUT2D eigenvalue weighted by atomic mass is 10.2. The zero-order valence-electron chi connectivity index (χ0n) is 12.1. The van der Waals surface area contributed by atoms with Gasteiger partial charge in [-0.3, -0.25) is 14.8 Å². The van der Waals surface area contributed by atoms with Crippen LogP contribution in [-0.2, 0) is 13.1 Å². The molecular weight excluding hydrogens is 332 g/mol. The lowest BCUT2D eigenvalue weighted by Crippen LogP contribution is -2.45. The van der Waals surface area contributed by atoms with Crippen LogP contribution in [0.3, 0.4) is 0 Å². The summed E-state index contributed by atoms with van der Waals surface area (Å²) < 4.78 is 6.32. The Morgan fingerprint density at radius 1 is 1.10 bits per heavy atom.